The fraction of sp³-hybridized carbons (Fsp3) is 0.286. The van der Waals surface area contributed by atoms with Gasteiger partial charge in [0.05, 0.1) is 10.9 Å². The SMILES string of the molecule is O=C(Cn1c(=O)[nH]c(=O)c2ccccc21)NC1CCN(Cc2ccccc2)C1. The molecule has 7 heteroatoms. The number of para-hydroxylation sites is 1. The van der Waals surface area contributed by atoms with Gasteiger partial charge in [0.2, 0.25) is 5.91 Å². The number of hydrogen-bond donors (Lipinski definition) is 2. The Morgan fingerprint density at radius 3 is 2.64 bits per heavy atom. The third-order valence-corrected chi connectivity index (χ3v) is 5.09. The van der Waals surface area contributed by atoms with E-state index in [1.54, 1.807) is 24.3 Å². The second-order valence-corrected chi connectivity index (χ2v) is 7.14. The lowest BCUT2D eigenvalue weighted by Crippen LogP contribution is -2.41. The summed E-state index contributed by atoms with van der Waals surface area (Å²) in [6.07, 6.45) is 0.875. The van der Waals surface area contributed by atoms with E-state index in [4.69, 9.17) is 0 Å². The molecule has 2 N–H and O–H groups in total. The molecule has 28 heavy (non-hydrogen) atoms. The molecule has 2 heterocycles. The number of aromatic nitrogens is 2. The summed E-state index contributed by atoms with van der Waals surface area (Å²) in [6.45, 7) is 2.44. The average molecular weight is 378 g/mol. The summed E-state index contributed by atoms with van der Waals surface area (Å²) in [7, 11) is 0. The van der Waals surface area contributed by atoms with Crippen molar-refractivity contribution in [3.8, 4) is 0 Å². The maximum absolute atomic E-state index is 12.5. The number of benzene rings is 2. The van der Waals surface area contributed by atoms with E-state index in [9.17, 15) is 14.4 Å². The molecular formula is C21H22N4O3. The number of fused-ring (bicyclic) bond motifs is 1. The Morgan fingerprint density at radius 1 is 1.07 bits per heavy atom. The summed E-state index contributed by atoms with van der Waals surface area (Å²) >= 11 is 0. The molecule has 1 amide bonds. The molecule has 1 atom stereocenters. The van der Waals surface area contributed by atoms with Crippen LogP contribution in [0.5, 0.6) is 0 Å². The summed E-state index contributed by atoms with van der Waals surface area (Å²) < 4.78 is 1.31. The topological polar surface area (TPSA) is 87.2 Å². The van der Waals surface area contributed by atoms with E-state index in [2.05, 4.69) is 27.3 Å². The Kier molecular flexibility index (Phi) is 5.08. The van der Waals surface area contributed by atoms with Gasteiger partial charge in [0.1, 0.15) is 6.54 Å². The highest BCUT2D eigenvalue weighted by molar-refractivity contribution is 5.81. The van der Waals surface area contributed by atoms with Crippen LogP contribution in [0.4, 0.5) is 0 Å². The number of H-pyrrole nitrogens is 1. The van der Waals surface area contributed by atoms with E-state index >= 15 is 0 Å². The van der Waals surface area contributed by atoms with Crippen LogP contribution in [0.15, 0.2) is 64.2 Å². The zero-order valence-electron chi connectivity index (χ0n) is 15.4. The van der Waals surface area contributed by atoms with Crippen molar-refractivity contribution >= 4 is 16.8 Å². The number of likely N-dealkylation sites (tertiary alicyclic amines) is 1. The molecule has 1 unspecified atom stereocenters. The lowest BCUT2D eigenvalue weighted by atomic mass is 10.2. The van der Waals surface area contributed by atoms with Gasteiger partial charge < -0.3 is 5.32 Å². The number of hydrogen-bond acceptors (Lipinski definition) is 4. The Labute approximate surface area is 161 Å². The summed E-state index contributed by atoms with van der Waals surface area (Å²) in [5.74, 6) is -0.231. The molecule has 0 radical (unpaired) electrons. The first-order chi connectivity index (χ1) is 13.6. The fourth-order valence-electron chi connectivity index (χ4n) is 3.75. The summed E-state index contributed by atoms with van der Waals surface area (Å²) in [6, 6.07) is 17.1. The Hall–Kier alpha value is -3.19. The summed E-state index contributed by atoms with van der Waals surface area (Å²) in [5, 5.41) is 3.41. The molecule has 1 aliphatic rings. The van der Waals surface area contributed by atoms with Crippen LogP contribution in [-0.4, -0.2) is 39.5 Å². The molecule has 2 aromatic carbocycles. The van der Waals surface area contributed by atoms with Gasteiger partial charge in [-0.1, -0.05) is 42.5 Å². The second-order valence-electron chi connectivity index (χ2n) is 7.14. The third kappa shape index (κ3) is 3.89. The van der Waals surface area contributed by atoms with Crippen LogP contribution in [0, 0.1) is 0 Å². The molecule has 7 nitrogen and oxygen atoms in total. The van der Waals surface area contributed by atoms with E-state index in [1.807, 2.05) is 18.2 Å². The third-order valence-electron chi connectivity index (χ3n) is 5.09. The van der Waals surface area contributed by atoms with E-state index < -0.39 is 11.2 Å². The summed E-state index contributed by atoms with van der Waals surface area (Å²) in [4.78, 5) is 41.2. The number of nitrogens with one attached hydrogen (secondary N) is 2. The fourth-order valence-corrected chi connectivity index (χ4v) is 3.75. The highest BCUT2D eigenvalue weighted by atomic mass is 16.2. The normalized spacial score (nSPS) is 17.1. The van der Waals surface area contributed by atoms with Crippen LogP contribution in [0.3, 0.4) is 0 Å². The number of carbonyl (C=O) groups is 1. The van der Waals surface area contributed by atoms with Crippen molar-refractivity contribution < 1.29 is 4.79 Å². The zero-order chi connectivity index (χ0) is 19.5. The van der Waals surface area contributed by atoms with Crippen molar-refractivity contribution in [3.05, 3.63) is 81.0 Å². The molecule has 1 fully saturated rings. The first kappa shape index (κ1) is 18.2. The Balaban J connectivity index is 1.41. The first-order valence-electron chi connectivity index (χ1n) is 9.37. The number of nitrogens with zero attached hydrogens (tertiary/aromatic N) is 2. The van der Waals surface area contributed by atoms with E-state index in [0.717, 1.165) is 26.1 Å². The van der Waals surface area contributed by atoms with Gasteiger partial charge in [-0.3, -0.25) is 24.0 Å². The van der Waals surface area contributed by atoms with Crippen molar-refractivity contribution in [1.82, 2.24) is 19.8 Å². The molecule has 1 saturated heterocycles. The Morgan fingerprint density at radius 2 is 1.82 bits per heavy atom. The van der Waals surface area contributed by atoms with Crippen LogP contribution in [0.2, 0.25) is 0 Å². The highest BCUT2D eigenvalue weighted by Crippen LogP contribution is 2.13. The van der Waals surface area contributed by atoms with Gasteiger partial charge in [0.15, 0.2) is 0 Å². The molecule has 144 valence electrons. The standard InChI is InChI=1S/C21H22N4O3/c26-19(14-25-18-9-5-4-8-17(18)20(27)23-21(25)28)22-16-10-11-24(13-16)12-15-6-2-1-3-7-15/h1-9,16H,10-14H2,(H,22,26)(H,23,27,28). The molecule has 0 bridgehead atoms. The maximum Gasteiger partial charge on any atom is 0.329 e. The minimum atomic E-state index is -0.573. The second kappa shape index (κ2) is 7.82. The van der Waals surface area contributed by atoms with Crippen LogP contribution in [0.1, 0.15) is 12.0 Å². The van der Waals surface area contributed by atoms with Crippen LogP contribution in [0.25, 0.3) is 10.9 Å². The highest BCUT2D eigenvalue weighted by Gasteiger charge is 2.24. The predicted molar refractivity (Wildman–Crippen MR) is 107 cm³/mol. The number of amides is 1. The molecule has 0 spiro atoms. The summed E-state index contributed by atoms with van der Waals surface area (Å²) in [5.41, 5.74) is 0.699. The first-order valence-corrected chi connectivity index (χ1v) is 9.37. The smallest absolute Gasteiger partial charge is 0.329 e. The molecule has 0 saturated carbocycles. The lowest BCUT2D eigenvalue weighted by Gasteiger charge is -2.17. The number of carbonyl (C=O) groups excluding carboxylic acids is 1. The van der Waals surface area contributed by atoms with Gasteiger partial charge in [-0.05, 0) is 24.1 Å². The quantitative estimate of drug-likeness (QED) is 0.696. The minimum absolute atomic E-state index is 0.0564. The maximum atomic E-state index is 12.5. The van der Waals surface area contributed by atoms with Crippen molar-refractivity contribution in [2.45, 2.75) is 25.6 Å². The predicted octanol–water partition coefficient (Wildman–Crippen LogP) is 1.08. The molecular weight excluding hydrogens is 356 g/mol. The van der Waals surface area contributed by atoms with Gasteiger partial charge in [-0.15, -0.1) is 0 Å². The van der Waals surface area contributed by atoms with Crippen molar-refractivity contribution in [2.75, 3.05) is 13.1 Å². The molecule has 3 aromatic rings. The Bertz CT molecular complexity index is 1100. The lowest BCUT2D eigenvalue weighted by molar-refractivity contribution is -0.122. The van der Waals surface area contributed by atoms with Gasteiger partial charge in [-0.2, -0.15) is 0 Å². The zero-order valence-corrected chi connectivity index (χ0v) is 15.4. The van der Waals surface area contributed by atoms with Crippen LogP contribution in [-0.2, 0) is 17.9 Å². The van der Waals surface area contributed by atoms with Crippen molar-refractivity contribution in [1.29, 1.82) is 0 Å². The monoisotopic (exact) mass is 378 g/mol. The molecule has 0 aliphatic carbocycles. The largest absolute Gasteiger partial charge is 0.350 e. The average Bonchev–Trinajstić information content (AvgIpc) is 3.12. The van der Waals surface area contributed by atoms with Crippen molar-refractivity contribution in [2.24, 2.45) is 0 Å². The molecule has 1 aliphatic heterocycles. The van der Waals surface area contributed by atoms with Gasteiger partial charge in [0, 0.05) is 25.7 Å². The van der Waals surface area contributed by atoms with Crippen molar-refractivity contribution in [3.63, 3.8) is 0 Å². The number of aromatic amines is 1. The molecule has 1 aromatic heterocycles. The van der Waals surface area contributed by atoms with Crippen LogP contribution >= 0.6 is 0 Å². The van der Waals surface area contributed by atoms with E-state index in [0.29, 0.717) is 10.9 Å². The number of rotatable bonds is 5. The van der Waals surface area contributed by atoms with Gasteiger partial charge in [-0.25, -0.2) is 4.79 Å². The van der Waals surface area contributed by atoms with Gasteiger partial charge in [0.25, 0.3) is 5.56 Å². The van der Waals surface area contributed by atoms with E-state index in [1.165, 1.54) is 10.1 Å². The van der Waals surface area contributed by atoms with Crippen LogP contribution < -0.4 is 16.6 Å². The minimum Gasteiger partial charge on any atom is -0.350 e. The van der Waals surface area contributed by atoms with E-state index in [-0.39, 0.29) is 18.5 Å². The molecule has 4 rings (SSSR count). The van der Waals surface area contributed by atoms with Gasteiger partial charge >= 0.3 is 5.69 Å².